The third kappa shape index (κ3) is 3.69. The van der Waals surface area contributed by atoms with Gasteiger partial charge in [0.2, 0.25) is 0 Å². The summed E-state index contributed by atoms with van der Waals surface area (Å²) in [6.07, 6.45) is 3.46. The summed E-state index contributed by atoms with van der Waals surface area (Å²) in [4.78, 5) is 0. The number of ether oxygens (including phenoxy) is 1. The highest BCUT2D eigenvalue weighted by molar-refractivity contribution is 5.45. The molecule has 0 aliphatic carbocycles. The Hall–Kier alpha value is -2.08. The second-order valence-electron chi connectivity index (χ2n) is 4.04. The minimum absolute atomic E-state index is 0.206. The minimum atomic E-state index is 0.206. The lowest BCUT2D eigenvalue weighted by atomic mass is 10.2. The Morgan fingerprint density at radius 1 is 1.42 bits per heavy atom. The van der Waals surface area contributed by atoms with Crippen LogP contribution in [0.1, 0.15) is 12.5 Å². The van der Waals surface area contributed by atoms with Crippen LogP contribution in [0.15, 0.2) is 30.6 Å². The van der Waals surface area contributed by atoms with Gasteiger partial charge < -0.3 is 15.2 Å². The summed E-state index contributed by atoms with van der Waals surface area (Å²) in [5, 5.41) is 20.9. The number of aromatic hydroxyl groups is 1. The number of rotatable bonds is 7. The SMILES string of the molecule is CCOc1cccc(CNCCn2ccnn2)c1O. The fraction of sp³-hybridized carbons (Fsp3) is 0.385. The molecule has 2 aromatic rings. The van der Waals surface area contributed by atoms with Gasteiger partial charge in [-0.1, -0.05) is 17.3 Å². The Kier molecular flexibility index (Phi) is 4.74. The van der Waals surface area contributed by atoms with Crippen LogP contribution in [-0.2, 0) is 13.1 Å². The van der Waals surface area contributed by atoms with Crippen molar-refractivity contribution in [3.05, 3.63) is 36.2 Å². The number of aromatic nitrogens is 3. The quantitative estimate of drug-likeness (QED) is 0.733. The topological polar surface area (TPSA) is 72.2 Å². The molecule has 6 nitrogen and oxygen atoms in total. The third-order valence-corrected chi connectivity index (χ3v) is 2.69. The summed E-state index contributed by atoms with van der Waals surface area (Å²) >= 11 is 0. The molecule has 0 amide bonds. The maximum absolute atomic E-state index is 10.0. The molecular weight excluding hydrogens is 244 g/mol. The van der Waals surface area contributed by atoms with Crippen molar-refractivity contribution in [3.63, 3.8) is 0 Å². The summed E-state index contributed by atoms with van der Waals surface area (Å²) in [7, 11) is 0. The van der Waals surface area contributed by atoms with E-state index in [1.807, 2.05) is 25.3 Å². The van der Waals surface area contributed by atoms with Crippen LogP contribution in [0.4, 0.5) is 0 Å². The maximum Gasteiger partial charge on any atom is 0.162 e. The molecule has 0 bridgehead atoms. The number of hydrogen-bond donors (Lipinski definition) is 2. The number of para-hydroxylation sites is 1. The smallest absolute Gasteiger partial charge is 0.162 e. The number of nitrogens with one attached hydrogen (secondary N) is 1. The summed E-state index contributed by atoms with van der Waals surface area (Å²) in [6.45, 7) is 4.51. The summed E-state index contributed by atoms with van der Waals surface area (Å²) < 4.78 is 7.10. The Morgan fingerprint density at radius 3 is 3.05 bits per heavy atom. The van der Waals surface area contributed by atoms with Gasteiger partial charge in [-0.3, -0.25) is 4.68 Å². The van der Waals surface area contributed by atoms with E-state index in [4.69, 9.17) is 4.74 Å². The van der Waals surface area contributed by atoms with Crippen LogP contribution in [0.2, 0.25) is 0 Å². The van der Waals surface area contributed by atoms with Crippen molar-refractivity contribution >= 4 is 0 Å². The lowest BCUT2D eigenvalue weighted by molar-refractivity contribution is 0.316. The first kappa shape index (κ1) is 13.4. The zero-order valence-corrected chi connectivity index (χ0v) is 10.9. The highest BCUT2D eigenvalue weighted by atomic mass is 16.5. The van der Waals surface area contributed by atoms with Crippen molar-refractivity contribution in [2.24, 2.45) is 0 Å². The van der Waals surface area contributed by atoms with Gasteiger partial charge in [0.05, 0.1) is 19.3 Å². The van der Waals surface area contributed by atoms with Crippen molar-refractivity contribution in [2.45, 2.75) is 20.0 Å². The molecule has 102 valence electrons. The first-order valence-electron chi connectivity index (χ1n) is 6.29. The highest BCUT2D eigenvalue weighted by Crippen LogP contribution is 2.29. The molecule has 0 spiro atoms. The molecule has 0 saturated heterocycles. The first-order chi connectivity index (χ1) is 9.31. The number of nitrogens with zero attached hydrogens (tertiary/aromatic N) is 3. The van der Waals surface area contributed by atoms with E-state index in [1.165, 1.54) is 0 Å². The van der Waals surface area contributed by atoms with Gasteiger partial charge in [-0.2, -0.15) is 0 Å². The number of phenols is 1. The Bertz CT molecular complexity index is 499. The molecule has 0 fully saturated rings. The zero-order valence-electron chi connectivity index (χ0n) is 10.9. The van der Waals surface area contributed by atoms with E-state index in [-0.39, 0.29) is 5.75 Å². The Labute approximate surface area is 112 Å². The molecule has 6 heteroatoms. The predicted octanol–water partition coefficient (Wildman–Crippen LogP) is 1.17. The van der Waals surface area contributed by atoms with Crippen LogP contribution in [0.5, 0.6) is 11.5 Å². The maximum atomic E-state index is 10.0. The van der Waals surface area contributed by atoms with Crippen LogP contribution >= 0.6 is 0 Å². The zero-order chi connectivity index (χ0) is 13.5. The molecule has 19 heavy (non-hydrogen) atoms. The molecule has 2 rings (SSSR count). The predicted molar refractivity (Wildman–Crippen MR) is 71.0 cm³/mol. The summed E-state index contributed by atoms with van der Waals surface area (Å²) in [5.74, 6) is 0.732. The van der Waals surface area contributed by atoms with Crippen LogP contribution in [-0.4, -0.2) is 33.3 Å². The lowest BCUT2D eigenvalue weighted by Gasteiger charge is -2.10. The second kappa shape index (κ2) is 6.75. The van der Waals surface area contributed by atoms with Gasteiger partial charge in [-0.15, -0.1) is 5.10 Å². The first-order valence-corrected chi connectivity index (χ1v) is 6.29. The van der Waals surface area contributed by atoms with Crippen LogP contribution in [0, 0.1) is 0 Å². The van der Waals surface area contributed by atoms with E-state index >= 15 is 0 Å². The minimum Gasteiger partial charge on any atom is -0.504 e. The van der Waals surface area contributed by atoms with Gasteiger partial charge in [-0.25, -0.2) is 0 Å². The number of benzene rings is 1. The van der Waals surface area contributed by atoms with Crippen molar-refractivity contribution < 1.29 is 9.84 Å². The fourth-order valence-electron chi connectivity index (χ4n) is 1.75. The van der Waals surface area contributed by atoms with Crippen molar-refractivity contribution in [1.29, 1.82) is 0 Å². The molecule has 1 aromatic heterocycles. The van der Waals surface area contributed by atoms with Gasteiger partial charge in [-0.05, 0) is 13.0 Å². The molecular formula is C13H18N4O2. The number of hydrogen-bond acceptors (Lipinski definition) is 5. The van der Waals surface area contributed by atoms with Gasteiger partial charge in [0.1, 0.15) is 0 Å². The third-order valence-electron chi connectivity index (χ3n) is 2.69. The molecule has 2 N–H and O–H groups in total. The normalized spacial score (nSPS) is 10.6. The molecule has 0 saturated carbocycles. The van der Waals surface area contributed by atoms with Gasteiger partial charge in [0.15, 0.2) is 11.5 Å². The summed E-state index contributed by atoms with van der Waals surface area (Å²) in [6, 6.07) is 5.51. The van der Waals surface area contributed by atoms with Crippen molar-refractivity contribution in [2.75, 3.05) is 13.2 Å². The van der Waals surface area contributed by atoms with Gasteiger partial charge in [0, 0.05) is 24.8 Å². The van der Waals surface area contributed by atoms with Gasteiger partial charge in [0.25, 0.3) is 0 Å². The standard InChI is InChI=1S/C13H18N4O2/c1-2-19-12-5-3-4-11(13(12)18)10-14-6-8-17-9-7-15-16-17/h3-5,7,9,14,18H,2,6,8,10H2,1H3. The second-order valence-corrected chi connectivity index (χ2v) is 4.04. The van der Waals surface area contributed by atoms with Crippen molar-refractivity contribution in [1.82, 2.24) is 20.3 Å². The monoisotopic (exact) mass is 262 g/mol. The molecule has 0 aliphatic rings. The van der Waals surface area contributed by atoms with Crippen LogP contribution < -0.4 is 10.1 Å². The van der Waals surface area contributed by atoms with Crippen LogP contribution in [0.25, 0.3) is 0 Å². The van der Waals surface area contributed by atoms with E-state index in [0.29, 0.717) is 18.9 Å². The van der Waals surface area contributed by atoms with E-state index in [2.05, 4.69) is 15.6 Å². The van der Waals surface area contributed by atoms with Crippen molar-refractivity contribution in [3.8, 4) is 11.5 Å². The van der Waals surface area contributed by atoms with E-state index < -0.39 is 0 Å². The molecule has 1 aromatic carbocycles. The van der Waals surface area contributed by atoms with Crippen LogP contribution in [0.3, 0.4) is 0 Å². The average molecular weight is 262 g/mol. The average Bonchev–Trinajstić information content (AvgIpc) is 2.92. The largest absolute Gasteiger partial charge is 0.504 e. The van der Waals surface area contributed by atoms with E-state index in [9.17, 15) is 5.11 Å². The van der Waals surface area contributed by atoms with E-state index in [1.54, 1.807) is 16.9 Å². The Morgan fingerprint density at radius 2 is 2.32 bits per heavy atom. The summed E-state index contributed by atoms with van der Waals surface area (Å²) in [5.41, 5.74) is 0.824. The lowest BCUT2D eigenvalue weighted by Crippen LogP contribution is -2.20. The molecule has 0 unspecified atom stereocenters. The highest BCUT2D eigenvalue weighted by Gasteiger charge is 2.06. The molecule has 1 heterocycles. The fourth-order valence-corrected chi connectivity index (χ4v) is 1.75. The molecule has 0 aliphatic heterocycles. The van der Waals surface area contributed by atoms with Gasteiger partial charge >= 0.3 is 0 Å². The number of phenolic OH excluding ortho intramolecular Hbond substituents is 1. The molecule has 0 atom stereocenters. The van der Waals surface area contributed by atoms with E-state index in [0.717, 1.165) is 18.7 Å². The molecule has 0 radical (unpaired) electrons. The Balaban J connectivity index is 1.83.